The zero-order valence-corrected chi connectivity index (χ0v) is 9.71. The molecule has 1 atom stereocenters. The Balaban J connectivity index is 2.52. The van der Waals surface area contributed by atoms with Gasteiger partial charge in [-0.25, -0.2) is 0 Å². The first kappa shape index (κ1) is 10.7. The first-order valence-electron chi connectivity index (χ1n) is 5.37. The molecule has 1 aromatic rings. The van der Waals surface area contributed by atoms with Crippen LogP contribution >= 0.6 is 0 Å². The van der Waals surface area contributed by atoms with Gasteiger partial charge in [0, 0.05) is 7.11 Å². The lowest BCUT2D eigenvalue weighted by atomic mass is 9.74. The zero-order valence-electron chi connectivity index (χ0n) is 9.71. The molecule has 2 heteroatoms. The van der Waals surface area contributed by atoms with Crippen molar-refractivity contribution < 1.29 is 4.74 Å². The van der Waals surface area contributed by atoms with Gasteiger partial charge in [-0.2, -0.15) is 0 Å². The summed E-state index contributed by atoms with van der Waals surface area (Å²) in [5.74, 6) is 0. The van der Waals surface area contributed by atoms with E-state index in [1.54, 1.807) is 7.11 Å². The lowest BCUT2D eigenvalue weighted by Gasteiger charge is -2.38. The van der Waals surface area contributed by atoms with Crippen LogP contribution in [0.5, 0.6) is 0 Å². The van der Waals surface area contributed by atoms with E-state index in [9.17, 15) is 0 Å². The van der Waals surface area contributed by atoms with Crippen LogP contribution in [0.4, 0.5) is 0 Å². The Bertz CT molecular complexity index is 373. The van der Waals surface area contributed by atoms with Gasteiger partial charge < -0.3 is 10.5 Å². The maximum atomic E-state index is 6.53. The van der Waals surface area contributed by atoms with E-state index in [2.05, 4.69) is 38.1 Å². The highest BCUT2D eigenvalue weighted by atomic mass is 16.5. The summed E-state index contributed by atoms with van der Waals surface area (Å²) in [6, 6.07) is 8.43. The summed E-state index contributed by atoms with van der Waals surface area (Å²) in [4.78, 5) is 0. The number of rotatable bonds is 2. The highest BCUT2D eigenvalue weighted by Gasteiger charge is 2.49. The number of nitrogens with two attached hydrogens (primary N) is 1. The summed E-state index contributed by atoms with van der Waals surface area (Å²) in [6.07, 6.45) is 1.03. The molecule has 0 aliphatic heterocycles. The third-order valence-corrected chi connectivity index (χ3v) is 3.71. The topological polar surface area (TPSA) is 35.2 Å². The van der Waals surface area contributed by atoms with Crippen molar-refractivity contribution in [3.05, 3.63) is 35.4 Å². The quantitative estimate of drug-likeness (QED) is 0.802. The van der Waals surface area contributed by atoms with Crippen LogP contribution in [0.25, 0.3) is 0 Å². The van der Waals surface area contributed by atoms with Gasteiger partial charge >= 0.3 is 0 Å². The summed E-state index contributed by atoms with van der Waals surface area (Å²) in [7, 11) is 1.71. The van der Waals surface area contributed by atoms with Crippen molar-refractivity contribution in [1.82, 2.24) is 0 Å². The Kier molecular flexibility index (Phi) is 2.36. The van der Waals surface area contributed by atoms with Gasteiger partial charge in [0.1, 0.15) is 0 Å². The first-order chi connectivity index (χ1) is 7.01. The van der Waals surface area contributed by atoms with E-state index < -0.39 is 0 Å². The van der Waals surface area contributed by atoms with Crippen LogP contribution < -0.4 is 5.73 Å². The Morgan fingerprint density at radius 3 is 2.67 bits per heavy atom. The number of ether oxygens (including phenoxy) is 1. The molecule has 2 nitrogen and oxygen atoms in total. The highest BCUT2D eigenvalue weighted by molar-refractivity contribution is 5.41. The van der Waals surface area contributed by atoms with Crippen molar-refractivity contribution in [1.29, 1.82) is 0 Å². The minimum absolute atomic E-state index is 0.0622. The summed E-state index contributed by atoms with van der Waals surface area (Å²) in [6.45, 7) is 5.01. The molecule has 0 spiro atoms. The smallest absolute Gasteiger partial charge is 0.0704 e. The minimum Gasteiger partial charge on any atom is -0.382 e. The van der Waals surface area contributed by atoms with E-state index in [4.69, 9.17) is 10.5 Å². The normalized spacial score (nSPS) is 27.7. The minimum atomic E-state index is -0.349. The van der Waals surface area contributed by atoms with Gasteiger partial charge in [-0.05, 0) is 23.0 Å². The van der Waals surface area contributed by atoms with Crippen LogP contribution in [0.1, 0.15) is 25.0 Å². The monoisotopic (exact) mass is 205 g/mol. The van der Waals surface area contributed by atoms with E-state index >= 15 is 0 Å². The molecule has 82 valence electrons. The highest BCUT2D eigenvalue weighted by Crippen LogP contribution is 2.48. The maximum absolute atomic E-state index is 6.53. The van der Waals surface area contributed by atoms with Gasteiger partial charge in [0.05, 0.1) is 12.1 Å². The van der Waals surface area contributed by atoms with Gasteiger partial charge in [-0.3, -0.25) is 0 Å². The molecule has 0 bridgehead atoms. The third kappa shape index (κ3) is 1.40. The Labute approximate surface area is 91.4 Å². The van der Waals surface area contributed by atoms with Crippen LogP contribution in [0.15, 0.2) is 24.3 Å². The van der Waals surface area contributed by atoms with Crippen LogP contribution in [0, 0.1) is 5.41 Å². The maximum Gasteiger partial charge on any atom is 0.0704 e. The molecule has 2 rings (SSSR count). The van der Waals surface area contributed by atoms with Gasteiger partial charge in [0.15, 0.2) is 0 Å². The second-order valence-electron chi connectivity index (χ2n) is 5.12. The molecule has 0 saturated carbocycles. The van der Waals surface area contributed by atoms with Crippen molar-refractivity contribution in [3.8, 4) is 0 Å². The molecule has 2 N–H and O–H groups in total. The number of fused-ring (bicyclic) bond motifs is 1. The molecule has 0 radical (unpaired) electrons. The third-order valence-electron chi connectivity index (χ3n) is 3.71. The molecule has 0 heterocycles. The zero-order chi connectivity index (χ0) is 11.1. The SMILES string of the molecule is COCC1(N)c2ccccc2CC1(C)C. The summed E-state index contributed by atoms with van der Waals surface area (Å²) >= 11 is 0. The molecular weight excluding hydrogens is 186 g/mol. The van der Waals surface area contributed by atoms with Crippen LogP contribution in [0.3, 0.4) is 0 Å². The molecule has 0 fully saturated rings. The average molecular weight is 205 g/mol. The van der Waals surface area contributed by atoms with Gasteiger partial charge in [0.2, 0.25) is 0 Å². The molecular formula is C13H19NO. The number of hydrogen-bond donors (Lipinski definition) is 1. The van der Waals surface area contributed by atoms with Crippen molar-refractivity contribution in [2.45, 2.75) is 25.8 Å². The van der Waals surface area contributed by atoms with E-state index in [1.165, 1.54) is 11.1 Å². The first-order valence-corrected chi connectivity index (χ1v) is 5.37. The number of hydrogen-bond acceptors (Lipinski definition) is 2. The Morgan fingerprint density at radius 2 is 2.00 bits per heavy atom. The van der Waals surface area contributed by atoms with Gasteiger partial charge in [-0.1, -0.05) is 38.1 Å². The fourth-order valence-electron chi connectivity index (χ4n) is 2.61. The molecule has 15 heavy (non-hydrogen) atoms. The lowest BCUT2D eigenvalue weighted by Crippen LogP contribution is -2.50. The van der Waals surface area contributed by atoms with E-state index in [1.807, 2.05) is 0 Å². The Morgan fingerprint density at radius 1 is 1.33 bits per heavy atom. The van der Waals surface area contributed by atoms with Crippen molar-refractivity contribution >= 4 is 0 Å². The predicted molar refractivity (Wildman–Crippen MR) is 61.7 cm³/mol. The van der Waals surface area contributed by atoms with Crippen LogP contribution in [0.2, 0.25) is 0 Å². The second kappa shape index (κ2) is 3.32. The van der Waals surface area contributed by atoms with Crippen LogP contribution in [-0.2, 0) is 16.7 Å². The fourth-order valence-corrected chi connectivity index (χ4v) is 2.61. The molecule has 1 aliphatic rings. The molecule has 1 aliphatic carbocycles. The molecule has 1 unspecified atom stereocenters. The van der Waals surface area contributed by atoms with Crippen molar-refractivity contribution in [3.63, 3.8) is 0 Å². The largest absolute Gasteiger partial charge is 0.382 e. The van der Waals surface area contributed by atoms with Gasteiger partial charge in [-0.15, -0.1) is 0 Å². The van der Waals surface area contributed by atoms with Crippen molar-refractivity contribution in [2.75, 3.05) is 13.7 Å². The summed E-state index contributed by atoms with van der Waals surface area (Å²) < 4.78 is 5.30. The van der Waals surface area contributed by atoms with E-state index in [0.717, 1.165) is 6.42 Å². The van der Waals surface area contributed by atoms with Gasteiger partial charge in [0.25, 0.3) is 0 Å². The van der Waals surface area contributed by atoms with E-state index in [0.29, 0.717) is 6.61 Å². The molecule has 0 aromatic heterocycles. The molecule has 0 amide bonds. The standard InChI is InChI=1S/C13H19NO/c1-12(2)8-10-6-4-5-7-11(10)13(12,14)9-15-3/h4-7H,8-9,14H2,1-3H3. The average Bonchev–Trinajstić information content (AvgIpc) is 2.36. The van der Waals surface area contributed by atoms with E-state index in [-0.39, 0.29) is 11.0 Å². The fraction of sp³-hybridized carbons (Fsp3) is 0.538. The van der Waals surface area contributed by atoms with Crippen molar-refractivity contribution in [2.24, 2.45) is 11.1 Å². The number of benzene rings is 1. The molecule has 0 saturated heterocycles. The number of methoxy groups -OCH3 is 1. The second-order valence-corrected chi connectivity index (χ2v) is 5.12. The van der Waals surface area contributed by atoms with Crippen LogP contribution in [-0.4, -0.2) is 13.7 Å². The summed E-state index contributed by atoms with van der Waals surface area (Å²) in [5.41, 5.74) is 8.86. The lowest BCUT2D eigenvalue weighted by molar-refractivity contribution is 0.0635. The molecule has 1 aromatic carbocycles. The predicted octanol–water partition coefficient (Wildman–Crippen LogP) is 2.07. The summed E-state index contributed by atoms with van der Waals surface area (Å²) in [5, 5.41) is 0. The Hall–Kier alpha value is -0.860.